The van der Waals surface area contributed by atoms with Crippen LogP contribution in [-0.4, -0.2) is 31.7 Å². The number of hydrazine groups is 1. The van der Waals surface area contributed by atoms with Gasteiger partial charge in [0, 0.05) is 25.1 Å². The van der Waals surface area contributed by atoms with Crippen molar-refractivity contribution in [2.45, 2.75) is 17.9 Å². The molecule has 1 heterocycles. The van der Waals surface area contributed by atoms with Crippen LogP contribution in [0.25, 0.3) is 0 Å². The molecule has 0 aromatic heterocycles. The minimum atomic E-state index is -3.72. The topological polar surface area (TPSA) is 105 Å². The molecule has 25 heavy (non-hydrogen) atoms. The summed E-state index contributed by atoms with van der Waals surface area (Å²) in [7, 11) is -3.72. The van der Waals surface area contributed by atoms with Crippen LogP contribution in [0.5, 0.6) is 0 Å². The summed E-state index contributed by atoms with van der Waals surface area (Å²) in [6.07, 6.45) is 0.130. The van der Waals surface area contributed by atoms with Gasteiger partial charge in [-0.3, -0.25) is 9.80 Å². The summed E-state index contributed by atoms with van der Waals surface area (Å²) in [5, 5.41) is 4.00. The molecule has 0 saturated carbocycles. The lowest BCUT2D eigenvalue weighted by atomic mass is 10.2. The van der Waals surface area contributed by atoms with Gasteiger partial charge in [0.15, 0.2) is 5.84 Å². The third-order valence-corrected chi connectivity index (χ3v) is 5.12. The second-order valence-electron chi connectivity index (χ2n) is 5.59. The van der Waals surface area contributed by atoms with Gasteiger partial charge in [-0.05, 0) is 17.7 Å². The molecular formula is C17H18N4O3S. The van der Waals surface area contributed by atoms with Crippen LogP contribution in [0.1, 0.15) is 17.5 Å². The zero-order chi connectivity index (χ0) is 17.9. The molecule has 0 bridgehead atoms. The van der Waals surface area contributed by atoms with E-state index in [1.54, 1.807) is 18.2 Å². The zero-order valence-corrected chi connectivity index (χ0v) is 14.2. The quantitative estimate of drug-likeness (QED) is 0.613. The third-order valence-electron chi connectivity index (χ3n) is 3.80. The van der Waals surface area contributed by atoms with Crippen molar-refractivity contribution in [3.8, 4) is 0 Å². The van der Waals surface area contributed by atoms with Crippen molar-refractivity contribution in [2.75, 3.05) is 6.54 Å². The first-order valence-corrected chi connectivity index (χ1v) is 9.18. The van der Waals surface area contributed by atoms with Crippen molar-refractivity contribution in [1.82, 2.24) is 10.3 Å². The average Bonchev–Trinajstić information content (AvgIpc) is 2.90. The number of rotatable bonds is 5. The van der Waals surface area contributed by atoms with Crippen LogP contribution in [0, 0.1) is 0 Å². The summed E-state index contributed by atoms with van der Waals surface area (Å²) < 4.78 is 27.8. The SMILES string of the molecule is NN(CCC(=O)NCc1ccccc1)C1=NS(=O)(=O)c2ccccc21. The molecule has 1 amide bonds. The fraction of sp³-hybridized carbons (Fsp3) is 0.176. The van der Waals surface area contributed by atoms with Gasteiger partial charge in [-0.1, -0.05) is 42.5 Å². The molecule has 130 valence electrons. The van der Waals surface area contributed by atoms with Crippen molar-refractivity contribution < 1.29 is 13.2 Å². The Hall–Kier alpha value is -2.71. The minimum Gasteiger partial charge on any atom is -0.352 e. The van der Waals surface area contributed by atoms with Crippen molar-refractivity contribution in [1.29, 1.82) is 0 Å². The van der Waals surface area contributed by atoms with Crippen LogP contribution in [0.2, 0.25) is 0 Å². The predicted octanol–water partition coefficient (Wildman–Crippen LogP) is 1.02. The van der Waals surface area contributed by atoms with Crippen molar-refractivity contribution in [3.63, 3.8) is 0 Å². The molecule has 3 N–H and O–H groups in total. The fourth-order valence-corrected chi connectivity index (χ4v) is 3.73. The monoisotopic (exact) mass is 358 g/mol. The Kier molecular flexibility index (Phi) is 4.82. The number of amides is 1. The van der Waals surface area contributed by atoms with Gasteiger partial charge >= 0.3 is 0 Å². The fourth-order valence-electron chi connectivity index (χ4n) is 2.51. The third kappa shape index (κ3) is 3.86. The molecule has 1 aliphatic heterocycles. The average molecular weight is 358 g/mol. The first-order valence-electron chi connectivity index (χ1n) is 7.74. The largest absolute Gasteiger partial charge is 0.352 e. The summed E-state index contributed by atoms with van der Waals surface area (Å²) in [5.41, 5.74) is 1.45. The highest BCUT2D eigenvalue weighted by molar-refractivity contribution is 7.90. The van der Waals surface area contributed by atoms with Crippen LogP contribution in [0.4, 0.5) is 0 Å². The maximum Gasteiger partial charge on any atom is 0.285 e. The molecule has 1 aliphatic rings. The predicted molar refractivity (Wildman–Crippen MR) is 94.0 cm³/mol. The molecular weight excluding hydrogens is 340 g/mol. The second kappa shape index (κ2) is 7.04. The Morgan fingerprint density at radius 2 is 1.76 bits per heavy atom. The van der Waals surface area contributed by atoms with Gasteiger partial charge in [0.05, 0.1) is 0 Å². The lowest BCUT2D eigenvalue weighted by Gasteiger charge is -2.18. The number of sulfonamides is 1. The van der Waals surface area contributed by atoms with Gasteiger partial charge in [-0.2, -0.15) is 8.42 Å². The normalized spacial score (nSPS) is 14.5. The van der Waals surface area contributed by atoms with E-state index in [2.05, 4.69) is 9.71 Å². The molecule has 0 atom stereocenters. The standard InChI is InChI=1S/C17H18N4O3S/c18-21(11-10-16(22)19-12-13-6-2-1-3-7-13)17-14-8-4-5-9-15(14)25(23,24)20-17/h1-9H,10-12,18H2,(H,19,22). The number of hydrogen-bond donors (Lipinski definition) is 2. The van der Waals surface area contributed by atoms with Gasteiger partial charge in [-0.15, -0.1) is 4.40 Å². The van der Waals surface area contributed by atoms with Gasteiger partial charge in [0.1, 0.15) is 4.90 Å². The van der Waals surface area contributed by atoms with Gasteiger partial charge in [0.2, 0.25) is 5.91 Å². The number of nitrogens with one attached hydrogen (secondary N) is 1. The van der Waals surface area contributed by atoms with Gasteiger partial charge in [-0.25, -0.2) is 5.84 Å². The Morgan fingerprint density at radius 3 is 2.52 bits per heavy atom. The van der Waals surface area contributed by atoms with E-state index in [-0.39, 0.29) is 29.6 Å². The summed E-state index contributed by atoms with van der Waals surface area (Å²) in [6, 6.07) is 16.0. The summed E-state index contributed by atoms with van der Waals surface area (Å²) in [4.78, 5) is 12.1. The number of benzene rings is 2. The maximum absolute atomic E-state index is 12.0. The highest BCUT2D eigenvalue weighted by atomic mass is 32.2. The van der Waals surface area contributed by atoms with Crippen molar-refractivity contribution in [2.24, 2.45) is 10.2 Å². The molecule has 0 fully saturated rings. The number of carbonyl (C=O) groups is 1. The lowest BCUT2D eigenvalue weighted by molar-refractivity contribution is -0.121. The Labute approximate surface area is 146 Å². The molecule has 2 aromatic carbocycles. The van der Waals surface area contributed by atoms with Crippen molar-refractivity contribution in [3.05, 3.63) is 65.7 Å². The van der Waals surface area contributed by atoms with E-state index in [0.717, 1.165) is 5.56 Å². The number of carbonyl (C=O) groups excluding carboxylic acids is 1. The van der Waals surface area contributed by atoms with E-state index in [1.807, 2.05) is 30.3 Å². The van der Waals surface area contributed by atoms with E-state index in [4.69, 9.17) is 5.84 Å². The summed E-state index contributed by atoms with van der Waals surface area (Å²) in [6.45, 7) is 0.589. The number of fused-ring (bicyclic) bond motifs is 1. The van der Waals surface area contributed by atoms with E-state index in [0.29, 0.717) is 12.1 Å². The molecule has 0 spiro atoms. The van der Waals surface area contributed by atoms with E-state index in [9.17, 15) is 13.2 Å². The van der Waals surface area contributed by atoms with Crippen LogP contribution in [-0.2, 0) is 21.4 Å². The van der Waals surface area contributed by atoms with Crippen LogP contribution in [0.3, 0.4) is 0 Å². The summed E-state index contributed by atoms with van der Waals surface area (Å²) in [5.74, 6) is 5.92. The first kappa shape index (κ1) is 17.1. The molecule has 2 aromatic rings. The molecule has 7 nitrogen and oxygen atoms in total. The van der Waals surface area contributed by atoms with E-state index >= 15 is 0 Å². The first-order chi connectivity index (χ1) is 12.0. The number of nitrogens with zero attached hydrogens (tertiary/aromatic N) is 2. The van der Waals surface area contributed by atoms with Crippen LogP contribution < -0.4 is 11.2 Å². The van der Waals surface area contributed by atoms with Crippen molar-refractivity contribution >= 4 is 21.8 Å². The van der Waals surface area contributed by atoms with E-state index < -0.39 is 10.0 Å². The van der Waals surface area contributed by atoms with E-state index in [1.165, 1.54) is 11.1 Å². The molecule has 8 heteroatoms. The highest BCUT2D eigenvalue weighted by Gasteiger charge is 2.30. The zero-order valence-electron chi connectivity index (χ0n) is 13.4. The highest BCUT2D eigenvalue weighted by Crippen LogP contribution is 2.26. The van der Waals surface area contributed by atoms with Crippen LogP contribution >= 0.6 is 0 Å². The summed E-state index contributed by atoms with van der Waals surface area (Å²) >= 11 is 0. The van der Waals surface area contributed by atoms with Crippen LogP contribution in [0.15, 0.2) is 63.9 Å². The number of nitrogens with two attached hydrogens (primary N) is 1. The number of amidine groups is 1. The second-order valence-corrected chi connectivity index (χ2v) is 7.16. The molecule has 3 rings (SSSR count). The molecule has 0 saturated heterocycles. The lowest BCUT2D eigenvalue weighted by Crippen LogP contribution is -2.40. The van der Waals surface area contributed by atoms with Gasteiger partial charge < -0.3 is 5.32 Å². The molecule has 0 unspecified atom stereocenters. The molecule has 0 aliphatic carbocycles. The molecule has 0 radical (unpaired) electrons. The minimum absolute atomic E-state index is 0.130. The van der Waals surface area contributed by atoms with Gasteiger partial charge in [0.25, 0.3) is 10.0 Å². The smallest absolute Gasteiger partial charge is 0.285 e. The Balaban J connectivity index is 1.58. The maximum atomic E-state index is 12.0. The Morgan fingerprint density at radius 1 is 1.08 bits per heavy atom. The number of hydrogen-bond acceptors (Lipinski definition) is 5. The Bertz CT molecular complexity index is 911.